The van der Waals surface area contributed by atoms with Crippen molar-refractivity contribution in [1.29, 1.82) is 0 Å². The van der Waals surface area contributed by atoms with Crippen LogP contribution in [-0.2, 0) is 0 Å². The quantitative estimate of drug-likeness (QED) is 0.402. The SMILES string of the molecule is O=[N+]([O-])c1ccc(-c2ccc(/C=N/Nc3ccccc3[N+](=O)[O-])o2)cc1. The minimum absolute atomic E-state index is 0.00394. The van der Waals surface area contributed by atoms with E-state index < -0.39 is 9.85 Å². The lowest BCUT2D eigenvalue weighted by atomic mass is 10.1. The molecule has 0 saturated heterocycles. The molecule has 0 atom stereocenters. The lowest BCUT2D eigenvalue weighted by molar-refractivity contribution is -0.384. The topological polar surface area (TPSA) is 124 Å². The Morgan fingerprint density at radius 1 is 0.923 bits per heavy atom. The van der Waals surface area contributed by atoms with E-state index in [1.807, 2.05) is 0 Å². The Morgan fingerprint density at radius 2 is 1.65 bits per heavy atom. The molecule has 3 aromatic rings. The Kier molecular flexibility index (Phi) is 4.70. The predicted molar refractivity (Wildman–Crippen MR) is 95.1 cm³/mol. The smallest absolute Gasteiger partial charge is 0.294 e. The van der Waals surface area contributed by atoms with Crippen molar-refractivity contribution >= 4 is 23.3 Å². The molecule has 0 saturated carbocycles. The zero-order valence-corrected chi connectivity index (χ0v) is 13.2. The van der Waals surface area contributed by atoms with E-state index in [1.165, 1.54) is 24.4 Å². The number of furan rings is 1. The van der Waals surface area contributed by atoms with E-state index in [9.17, 15) is 20.2 Å². The number of hydrogen-bond donors (Lipinski definition) is 1. The molecule has 0 radical (unpaired) electrons. The van der Waals surface area contributed by atoms with Crippen LogP contribution >= 0.6 is 0 Å². The monoisotopic (exact) mass is 352 g/mol. The highest BCUT2D eigenvalue weighted by atomic mass is 16.6. The Morgan fingerprint density at radius 3 is 2.35 bits per heavy atom. The number of nitrogens with zero attached hydrogens (tertiary/aromatic N) is 3. The molecule has 0 aliphatic carbocycles. The highest BCUT2D eigenvalue weighted by Gasteiger charge is 2.11. The second-order valence-corrected chi connectivity index (χ2v) is 5.15. The molecule has 0 unspecified atom stereocenters. The van der Waals surface area contributed by atoms with Gasteiger partial charge in [0.1, 0.15) is 17.2 Å². The summed E-state index contributed by atoms with van der Waals surface area (Å²) in [5, 5.41) is 25.5. The van der Waals surface area contributed by atoms with E-state index in [-0.39, 0.29) is 17.1 Å². The van der Waals surface area contributed by atoms with Crippen molar-refractivity contribution < 1.29 is 14.3 Å². The zero-order valence-electron chi connectivity index (χ0n) is 13.2. The standard InChI is InChI=1S/C17H12N4O5/c22-20(23)13-7-5-12(6-8-13)17-10-9-14(26-17)11-18-19-15-3-1-2-4-16(15)21(24)25/h1-11,19H/b18-11+. The van der Waals surface area contributed by atoms with Gasteiger partial charge in [0.05, 0.1) is 16.1 Å². The number of nitrogens with one attached hydrogen (secondary N) is 1. The van der Waals surface area contributed by atoms with Gasteiger partial charge in [-0.3, -0.25) is 25.7 Å². The number of anilines is 1. The Bertz CT molecular complexity index is 979. The normalized spacial score (nSPS) is 10.8. The van der Waals surface area contributed by atoms with Crippen LogP contribution in [0.4, 0.5) is 17.1 Å². The van der Waals surface area contributed by atoms with Crippen LogP contribution in [0.25, 0.3) is 11.3 Å². The molecule has 1 aromatic heterocycles. The van der Waals surface area contributed by atoms with Crippen LogP contribution in [-0.4, -0.2) is 16.1 Å². The third-order valence-electron chi connectivity index (χ3n) is 3.47. The molecule has 26 heavy (non-hydrogen) atoms. The lowest BCUT2D eigenvalue weighted by Crippen LogP contribution is -1.96. The molecular formula is C17H12N4O5. The summed E-state index contributed by atoms with van der Waals surface area (Å²) in [6.45, 7) is 0. The van der Waals surface area contributed by atoms with Crippen LogP contribution in [0, 0.1) is 20.2 Å². The maximum atomic E-state index is 10.9. The number of hydrazone groups is 1. The van der Waals surface area contributed by atoms with E-state index in [0.717, 1.165) is 0 Å². The minimum atomic E-state index is -0.503. The number of benzene rings is 2. The number of hydrogen-bond acceptors (Lipinski definition) is 7. The van der Waals surface area contributed by atoms with Crippen LogP contribution < -0.4 is 5.43 Å². The molecule has 0 spiro atoms. The Balaban J connectivity index is 1.71. The largest absolute Gasteiger partial charge is 0.455 e. The van der Waals surface area contributed by atoms with Gasteiger partial charge in [0.2, 0.25) is 0 Å². The first-order valence-electron chi connectivity index (χ1n) is 7.42. The van der Waals surface area contributed by atoms with Crippen LogP contribution in [0.5, 0.6) is 0 Å². The number of non-ortho nitro benzene ring substituents is 1. The van der Waals surface area contributed by atoms with Crippen molar-refractivity contribution in [3.8, 4) is 11.3 Å². The third-order valence-corrected chi connectivity index (χ3v) is 3.47. The fraction of sp³-hybridized carbons (Fsp3) is 0. The molecule has 0 bridgehead atoms. The summed E-state index contributed by atoms with van der Waals surface area (Å²) in [6, 6.07) is 15.5. The lowest BCUT2D eigenvalue weighted by Gasteiger charge is -2.00. The molecule has 3 rings (SSSR count). The average Bonchev–Trinajstić information content (AvgIpc) is 3.11. The van der Waals surface area contributed by atoms with Gasteiger partial charge in [-0.15, -0.1) is 0 Å². The summed E-state index contributed by atoms with van der Waals surface area (Å²) in [5.41, 5.74) is 3.46. The van der Waals surface area contributed by atoms with Crippen molar-refractivity contribution in [2.24, 2.45) is 5.10 Å². The minimum Gasteiger partial charge on any atom is -0.455 e. The van der Waals surface area contributed by atoms with Crippen molar-refractivity contribution in [3.05, 3.63) is 86.7 Å². The van der Waals surface area contributed by atoms with Gasteiger partial charge in [-0.25, -0.2) is 0 Å². The van der Waals surface area contributed by atoms with Crippen LogP contribution in [0.2, 0.25) is 0 Å². The van der Waals surface area contributed by atoms with E-state index >= 15 is 0 Å². The number of para-hydroxylation sites is 2. The van der Waals surface area contributed by atoms with Gasteiger partial charge < -0.3 is 4.42 Å². The van der Waals surface area contributed by atoms with Crippen molar-refractivity contribution in [1.82, 2.24) is 0 Å². The maximum absolute atomic E-state index is 10.9. The predicted octanol–water partition coefficient (Wildman–Crippen LogP) is 4.21. The number of nitro groups is 2. The van der Waals surface area contributed by atoms with E-state index in [0.29, 0.717) is 17.1 Å². The molecule has 0 aliphatic rings. The second-order valence-electron chi connectivity index (χ2n) is 5.15. The molecule has 9 heteroatoms. The van der Waals surface area contributed by atoms with Crippen molar-refractivity contribution in [3.63, 3.8) is 0 Å². The number of nitro benzene ring substituents is 2. The van der Waals surface area contributed by atoms with Crippen LogP contribution in [0.3, 0.4) is 0 Å². The molecule has 1 N–H and O–H groups in total. The molecule has 1 heterocycles. The van der Waals surface area contributed by atoms with Crippen molar-refractivity contribution in [2.75, 3.05) is 5.43 Å². The third kappa shape index (κ3) is 3.73. The highest BCUT2D eigenvalue weighted by Crippen LogP contribution is 2.25. The van der Waals surface area contributed by atoms with E-state index in [1.54, 1.807) is 42.5 Å². The van der Waals surface area contributed by atoms with E-state index in [2.05, 4.69) is 10.5 Å². The first-order valence-corrected chi connectivity index (χ1v) is 7.42. The van der Waals surface area contributed by atoms with Crippen LogP contribution in [0.1, 0.15) is 5.76 Å². The second kappa shape index (κ2) is 7.26. The van der Waals surface area contributed by atoms with E-state index in [4.69, 9.17) is 4.42 Å². The first-order chi connectivity index (χ1) is 12.5. The summed E-state index contributed by atoms with van der Waals surface area (Å²) in [6.07, 6.45) is 1.38. The van der Waals surface area contributed by atoms with Crippen molar-refractivity contribution in [2.45, 2.75) is 0 Å². The van der Waals surface area contributed by atoms with Gasteiger partial charge in [0, 0.05) is 23.8 Å². The fourth-order valence-corrected chi connectivity index (χ4v) is 2.22. The fourth-order valence-electron chi connectivity index (χ4n) is 2.22. The highest BCUT2D eigenvalue weighted by molar-refractivity contribution is 5.78. The van der Waals surface area contributed by atoms with Gasteiger partial charge in [-0.2, -0.15) is 5.10 Å². The molecule has 0 aliphatic heterocycles. The Hall–Kier alpha value is -4.01. The molecule has 2 aromatic carbocycles. The molecule has 9 nitrogen and oxygen atoms in total. The maximum Gasteiger partial charge on any atom is 0.294 e. The molecule has 0 fully saturated rings. The summed E-state index contributed by atoms with van der Waals surface area (Å²) in [7, 11) is 0. The van der Waals surface area contributed by atoms with Crippen LogP contribution in [0.15, 0.2) is 70.2 Å². The zero-order chi connectivity index (χ0) is 18.5. The molecule has 130 valence electrons. The first kappa shape index (κ1) is 16.8. The van der Waals surface area contributed by atoms with Gasteiger partial charge >= 0.3 is 0 Å². The summed E-state index contributed by atoms with van der Waals surface area (Å²) < 4.78 is 5.59. The van der Waals surface area contributed by atoms with Gasteiger partial charge in [-0.05, 0) is 30.3 Å². The number of rotatable bonds is 6. The summed E-state index contributed by atoms with van der Waals surface area (Å²) >= 11 is 0. The molecular weight excluding hydrogens is 340 g/mol. The van der Waals surface area contributed by atoms with Gasteiger partial charge in [-0.1, -0.05) is 12.1 Å². The summed E-state index contributed by atoms with van der Waals surface area (Å²) in [4.78, 5) is 20.6. The molecule has 0 amide bonds. The van der Waals surface area contributed by atoms with Gasteiger partial charge in [0.15, 0.2) is 0 Å². The summed E-state index contributed by atoms with van der Waals surface area (Å²) in [5.74, 6) is 0.941. The van der Waals surface area contributed by atoms with Gasteiger partial charge in [0.25, 0.3) is 11.4 Å². The average molecular weight is 352 g/mol. The Labute approximate surface area is 146 Å².